The molecule has 5 nitrogen and oxygen atoms in total. The zero-order valence-corrected chi connectivity index (χ0v) is 18.3. The molecule has 2 aliphatic heterocycles. The monoisotopic (exact) mass is 443 g/mol. The van der Waals surface area contributed by atoms with Crippen LogP contribution in [0.25, 0.3) is 0 Å². The molecule has 2 amide bonds. The van der Waals surface area contributed by atoms with Crippen LogP contribution in [0.15, 0.2) is 84.9 Å². The smallest absolute Gasteiger partial charge is 0.247 e. The van der Waals surface area contributed by atoms with Gasteiger partial charge in [-0.25, -0.2) is 4.39 Å². The number of nitrogens with one attached hydrogen (secondary N) is 1. The number of anilines is 1. The highest BCUT2D eigenvalue weighted by Gasteiger charge is 2.51. The fourth-order valence-corrected chi connectivity index (χ4v) is 5.09. The predicted molar refractivity (Wildman–Crippen MR) is 125 cm³/mol. The number of hydrogen-bond acceptors (Lipinski definition) is 3. The SMILES string of the molecule is O=C(C(c1ccccc1)c1ccccc1)N1CCC2(CC1)C(=O)NCN2c1ccc(F)cc1. The van der Waals surface area contributed by atoms with Crippen LogP contribution in [-0.2, 0) is 9.59 Å². The highest BCUT2D eigenvalue weighted by molar-refractivity contribution is 5.94. The Morgan fingerprint density at radius 2 is 1.39 bits per heavy atom. The number of rotatable bonds is 4. The largest absolute Gasteiger partial charge is 0.342 e. The molecule has 168 valence electrons. The molecule has 6 heteroatoms. The number of carbonyl (C=O) groups excluding carboxylic acids is 2. The van der Waals surface area contributed by atoms with E-state index >= 15 is 0 Å². The van der Waals surface area contributed by atoms with Gasteiger partial charge in [-0.2, -0.15) is 0 Å². The Morgan fingerprint density at radius 1 is 0.848 bits per heavy atom. The zero-order chi connectivity index (χ0) is 22.8. The number of piperidine rings is 1. The summed E-state index contributed by atoms with van der Waals surface area (Å²) >= 11 is 0. The normalized spacial score (nSPS) is 17.5. The van der Waals surface area contributed by atoms with Crippen molar-refractivity contribution in [3.8, 4) is 0 Å². The summed E-state index contributed by atoms with van der Waals surface area (Å²) in [6, 6.07) is 25.9. The molecule has 0 saturated carbocycles. The van der Waals surface area contributed by atoms with E-state index in [0.29, 0.717) is 32.6 Å². The minimum Gasteiger partial charge on any atom is -0.342 e. The number of likely N-dealkylation sites (tertiary alicyclic amines) is 1. The van der Waals surface area contributed by atoms with Gasteiger partial charge in [0.25, 0.3) is 0 Å². The summed E-state index contributed by atoms with van der Waals surface area (Å²) in [6.45, 7) is 1.36. The minimum atomic E-state index is -0.719. The molecule has 2 aliphatic rings. The van der Waals surface area contributed by atoms with Gasteiger partial charge in [0.15, 0.2) is 0 Å². The molecular formula is C27H26FN3O2. The molecule has 3 aromatic carbocycles. The van der Waals surface area contributed by atoms with Crippen LogP contribution in [0.1, 0.15) is 29.9 Å². The van der Waals surface area contributed by atoms with E-state index in [1.807, 2.05) is 70.5 Å². The van der Waals surface area contributed by atoms with Gasteiger partial charge in [-0.1, -0.05) is 60.7 Å². The van der Waals surface area contributed by atoms with Crippen LogP contribution in [0, 0.1) is 5.82 Å². The van der Waals surface area contributed by atoms with E-state index in [0.717, 1.165) is 16.8 Å². The summed E-state index contributed by atoms with van der Waals surface area (Å²) in [5, 5.41) is 2.95. The van der Waals surface area contributed by atoms with E-state index in [-0.39, 0.29) is 23.5 Å². The molecule has 1 N–H and O–H groups in total. The third-order valence-corrected chi connectivity index (χ3v) is 6.89. The van der Waals surface area contributed by atoms with Crippen LogP contribution in [0.3, 0.4) is 0 Å². The second kappa shape index (κ2) is 8.70. The van der Waals surface area contributed by atoms with E-state index in [1.165, 1.54) is 12.1 Å². The lowest BCUT2D eigenvalue weighted by molar-refractivity contribution is -0.135. The number of amides is 2. The van der Waals surface area contributed by atoms with E-state index < -0.39 is 5.54 Å². The Labute approximate surface area is 192 Å². The Morgan fingerprint density at radius 3 is 1.94 bits per heavy atom. The van der Waals surface area contributed by atoms with Gasteiger partial charge < -0.3 is 15.1 Å². The molecule has 0 bridgehead atoms. The Hall–Kier alpha value is -3.67. The first kappa shape index (κ1) is 21.2. The van der Waals surface area contributed by atoms with Crippen LogP contribution < -0.4 is 10.2 Å². The third kappa shape index (κ3) is 3.86. The molecule has 0 aliphatic carbocycles. The number of benzene rings is 3. The van der Waals surface area contributed by atoms with Crippen molar-refractivity contribution in [3.63, 3.8) is 0 Å². The quantitative estimate of drug-likeness (QED) is 0.665. The maximum absolute atomic E-state index is 13.7. The first-order valence-electron chi connectivity index (χ1n) is 11.3. The van der Waals surface area contributed by atoms with Gasteiger partial charge in [0, 0.05) is 18.8 Å². The molecule has 5 rings (SSSR count). The van der Waals surface area contributed by atoms with Crippen molar-refractivity contribution in [2.24, 2.45) is 0 Å². The van der Waals surface area contributed by atoms with E-state index in [4.69, 9.17) is 0 Å². The number of carbonyl (C=O) groups is 2. The first-order valence-corrected chi connectivity index (χ1v) is 11.3. The predicted octanol–water partition coefficient (Wildman–Crippen LogP) is 3.91. The van der Waals surface area contributed by atoms with Crippen LogP contribution in [-0.4, -0.2) is 42.0 Å². The van der Waals surface area contributed by atoms with Crippen LogP contribution in [0.5, 0.6) is 0 Å². The highest BCUT2D eigenvalue weighted by Crippen LogP contribution is 2.37. The molecule has 2 saturated heterocycles. The Kier molecular flexibility index (Phi) is 5.58. The molecule has 2 fully saturated rings. The van der Waals surface area contributed by atoms with Crippen molar-refractivity contribution in [1.82, 2.24) is 10.2 Å². The summed E-state index contributed by atoms with van der Waals surface area (Å²) in [5.74, 6) is -0.665. The summed E-state index contributed by atoms with van der Waals surface area (Å²) in [6.07, 6.45) is 1.05. The Balaban J connectivity index is 1.38. The Bertz CT molecular complexity index is 1090. The first-order chi connectivity index (χ1) is 16.1. The van der Waals surface area contributed by atoms with Crippen molar-refractivity contribution < 1.29 is 14.0 Å². The highest BCUT2D eigenvalue weighted by atomic mass is 19.1. The van der Waals surface area contributed by atoms with Gasteiger partial charge in [0.2, 0.25) is 11.8 Å². The number of halogens is 1. The fourth-order valence-electron chi connectivity index (χ4n) is 5.09. The zero-order valence-electron chi connectivity index (χ0n) is 18.3. The van der Waals surface area contributed by atoms with E-state index in [1.54, 1.807) is 12.1 Å². The minimum absolute atomic E-state index is 0.0263. The van der Waals surface area contributed by atoms with Crippen molar-refractivity contribution >= 4 is 17.5 Å². The molecular weight excluding hydrogens is 417 g/mol. The average Bonchev–Trinajstić information content (AvgIpc) is 3.17. The van der Waals surface area contributed by atoms with Gasteiger partial charge in [-0.05, 0) is 48.2 Å². The molecule has 33 heavy (non-hydrogen) atoms. The van der Waals surface area contributed by atoms with Crippen molar-refractivity contribution in [3.05, 3.63) is 102 Å². The molecule has 0 radical (unpaired) electrons. The van der Waals surface area contributed by atoms with Crippen molar-refractivity contribution in [2.45, 2.75) is 24.3 Å². The molecule has 0 aromatic heterocycles. The molecule has 0 atom stereocenters. The van der Waals surface area contributed by atoms with Gasteiger partial charge >= 0.3 is 0 Å². The molecule has 2 heterocycles. The average molecular weight is 444 g/mol. The molecule has 1 spiro atoms. The number of hydrogen-bond donors (Lipinski definition) is 1. The lowest BCUT2D eigenvalue weighted by atomic mass is 9.84. The summed E-state index contributed by atoms with van der Waals surface area (Å²) in [4.78, 5) is 30.6. The fraction of sp³-hybridized carbons (Fsp3) is 0.259. The maximum Gasteiger partial charge on any atom is 0.247 e. The summed E-state index contributed by atoms with van der Waals surface area (Å²) in [7, 11) is 0. The van der Waals surface area contributed by atoms with Crippen molar-refractivity contribution in [1.29, 1.82) is 0 Å². The van der Waals surface area contributed by atoms with E-state index in [9.17, 15) is 14.0 Å². The van der Waals surface area contributed by atoms with Crippen LogP contribution >= 0.6 is 0 Å². The second-order valence-corrected chi connectivity index (χ2v) is 8.68. The molecule has 3 aromatic rings. The lowest BCUT2D eigenvalue weighted by Gasteiger charge is -2.44. The van der Waals surface area contributed by atoms with E-state index in [2.05, 4.69) is 5.32 Å². The second-order valence-electron chi connectivity index (χ2n) is 8.68. The van der Waals surface area contributed by atoms with Gasteiger partial charge in [0.1, 0.15) is 11.4 Å². The van der Waals surface area contributed by atoms with Gasteiger partial charge in [0.05, 0.1) is 12.6 Å². The third-order valence-electron chi connectivity index (χ3n) is 6.89. The van der Waals surface area contributed by atoms with Crippen LogP contribution in [0.2, 0.25) is 0 Å². The van der Waals surface area contributed by atoms with Gasteiger partial charge in [-0.15, -0.1) is 0 Å². The van der Waals surface area contributed by atoms with Crippen molar-refractivity contribution in [2.75, 3.05) is 24.7 Å². The topological polar surface area (TPSA) is 52.7 Å². The van der Waals surface area contributed by atoms with Crippen LogP contribution in [0.4, 0.5) is 10.1 Å². The van der Waals surface area contributed by atoms with Gasteiger partial charge in [-0.3, -0.25) is 9.59 Å². The standard InChI is InChI=1S/C27H26FN3O2/c28-22-11-13-23(14-12-22)31-19-29-26(33)27(31)15-17-30(18-16-27)25(32)24(20-7-3-1-4-8-20)21-9-5-2-6-10-21/h1-14,24H,15-19H2,(H,29,33). The summed E-state index contributed by atoms with van der Waals surface area (Å²) in [5.41, 5.74) is 2.01. The molecule has 0 unspecified atom stereocenters. The number of nitrogens with zero attached hydrogens (tertiary/aromatic N) is 2. The summed E-state index contributed by atoms with van der Waals surface area (Å²) < 4.78 is 13.4. The lowest BCUT2D eigenvalue weighted by Crippen LogP contribution is -2.57. The maximum atomic E-state index is 13.7.